The van der Waals surface area contributed by atoms with E-state index in [1.54, 1.807) is 0 Å². The Morgan fingerprint density at radius 2 is 2.20 bits per heavy atom. The number of benzene rings is 1. The number of hydrogen-bond acceptors (Lipinski definition) is 2. The van der Waals surface area contributed by atoms with Crippen molar-refractivity contribution in [1.29, 1.82) is 0 Å². The molecule has 1 amide bonds. The van der Waals surface area contributed by atoms with Crippen LogP contribution in [0.2, 0.25) is 5.02 Å². The molecule has 1 aromatic carbocycles. The number of aliphatic imine (C=N–C) groups is 1. The molecule has 0 aliphatic carbocycles. The number of guanidine groups is 1. The van der Waals surface area contributed by atoms with Gasteiger partial charge >= 0.3 is 0 Å². The topological polar surface area (TPSA) is 56.7 Å². The molecule has 1 aliphatic rings. The summed E-state index contributed by atoms with van der Waals surface area (Å²) in [6.45, 7) is 8.83. The Morgan fingerprint density at radius 3 is 2.84 bits per heavy atom. The summed E-state index contributed by atoms with van der Waals surface area (Å²) in [6.07, 6.45) is 0.944. The largest absolute Gasteiger partial charge is 0.357 e. The Balaban J connectivity index is 0.00000312. The van der Waals surface area contributed by atoms with E-state index in [1.165, 1.54) is 0 Å². The van der Waals surface area contributed by atoms with Crippen molar-refractivity contribution < 1.29 is 4.79 Å². The molecule has 1 saturated heterocycles. The maximum absolute atomic E-state index is 12.1. The first-order valence-electron chi connectivity index (χ1n) is 8.57. The molecule has 5 nitrogen and oxygen atoms in total. The van der Waals surface area contributed by atoms with Gasteiger partial charge in [0, 0.05) is 36.6 Å². The molecule has 2 N–H and O–H groups in total. The highest BCUT2D eigenvalue weighted by Crippen LogP contribution is 2.13. The average Bonchev–Trinajstić information content (AvgIpc) is 3.00. The predicted molar refractivity (Wildman–Crippen MR) is 115 cm³/mol. The molecule has 0 spiro atoms. The van der Waals surface area contributed by atoms with Crippen LogP contribution >= 0.6 is 35.6 Å². The van der Waals surface area contributed by atoms with E-state index in [0.717, 1.165) is 42.6 Å². The minimum absolute atomic E-state index is 0. The normalized spacial score (nSPS) is 17.4. The second-order valence-electron chi connectivity index (χ2n) is 6.39. The molecule has 1 heterocycles. The van der Waals surface area contributed by atoms with Gasteiger partial charge in [-0.3, -0.25) is 4.79 Å². The molecule has 1 unspecified atom stereocenters. The van der Waals surface area contributed by atoms with Crippen LogP contribution in [-0.4, -0.2) is 42.4 Å². The number of carbonyl (C=O) groups is 1. The van der Waals surface area contributed by atoms with E-state index in [4.69, 9.17) is 11.6 Å². The zero-order valence-electron chi connectivity index (χ0n) is 15.1. The number of rotatable bonds is 5. The van der Waals surface area contributed by atoms with Crippen molar-refractivity contribution in [2.24, 2.45) is 10.9 Å². The quantitative estimate of drug-likeness (QED) is 0.388. The number of nitrogens with zero attached hydrogens (tertiary/aromatic N) is 2. The van der Waals surface area contributed by atoms with Gasteiger partial charge in [-0.25, -0.2) is 4.99 Å². The van der Waals surface area contributed by atoms with Crippen molar-refractivity contribution in [1.82, 2.24) is 15.5 Å². The molecule has 0 radical (unpaired) electrons. The third-order valence-corrected chi connectivity index (χ3v) is 4.22. The van der Waals surface area contributed by atoms with Gasteiger partial charge < -0.3 is 15.5 Å². The van der Waals surface area contributed by atoms with Gasteiger partial charge in [0.15, 0.2) is 5.96 Å². The van der Waals surface area contributed by atoms with Crippen molar-refractivity contribution in [2.75, 3.05) is 19.6 Å². The van der Waals surface area contributed by atoms with Crippen molar-refractivity contribution in [2.45, 2.75) is 39.8 Å². The molecule has 1 fully saturated rings. The van der Waals surface area contributed by atoms with Crippen LogP contribution in [0.1, 0.15) is 32.8 Å². The average molecular weight is 479 g/mol. The molecule has 140 valence electrons. The number of hydrogen-bond donors (Lipinski definition) is 2. The van der Waals surface area contributed by atoms with Crippen LogP contribution in [0.15, 0.2) is 29.3 Å². The third kappa shape index (κ3) is 7.01. The summed E-state index contributed by atoms with van der Waals surface area (Å²) in [6, 6.07) is 7.96. The molecule has 2 rings (SSSR count). The molecule has 1 aromatic rings. The predicted octanol–water partition coefficient (Wildman–Crippen LogP) is 3.27. The first kappa shape index (κ1) is 22.0. The summed E-state index contributed by atoms with van der Waals surface area (Å²) in [5.41, 5.74) is 1.07. The Hall–Kier alpha value is -1.02. The summed E-state index contributed by atoms with van der Waals surface area (Å²) >= 11 is 6.01. The van der Waals surface area contributed by atoms with Gasteiger partial charge in [-0.2, -0.15) is 0 Å². The fourth-order valence-corrected chi connectivity index (χ4v) is 2.98. The highest BCUT2D eigenvalue weighted by molar-refractivity contribution is 14.0. The number of likely N-dealkylation sites (tertiary alicyclic amines) is 1. The van der Waals surface area contributed by atoms with Gasteiger partial charge in [-0.1, -0.05) is 37.6 Å². The molecular formula is C18H28ClIN4O. The lowest BCUT2D eigenvalue weighted by Gasteiger charge is -2.20. The summed E-state index contributed by atoms with van der Waals surface area (Å²) in [7, 11) is 0. The monoisotopic (exact) mass is 478 g/mol. The standard InChI is InChI=1S/C18H27ClN4O.HI/c1-4-20-18(21-11-14-6-5-7-15(19)10-14)22-16-8-9-23(12-16)17(24)13(2)3;/h5-7,10,13,16H,4,8-9,11-12H2,1-3H3,(H2,20,21,22);1H. The lowest BCUT2D eigenvalue weighted by molar-refractivity contribution is -0.133. The number of carbonyl (C=O) groups excluding carboxylic acids is 1. The zero-order valence-corrected chi connectivity index (χ0v) is 18.2. The maximum atomic E-state index is 12.1. The summed E-state index contributed by atoms with van der Waals surface area (Å²) in [4.78, 5) is 18.6. The van der Waals surface area contributed by atoms with Gasteiger partial charge in [-0.15, -0.1) is 24.0 Å². The minimum Gasteiger partial charge on any atom is -0.357 e. The van der Waals surface area contributed by atoms with Crippen LogP contribution < -0.4 is 10.6 Å². The number of halogens is 2. The van der Waals surface area contributed by atoms with E-state index in [-0.39, 0.29) is 41.8 Å². The van der Waals surface area contributed by atoms with Gasteiger partial charge in [0.25, 0.3) is 0 Å². The Labute approximate surface area is 172 Å². The highest BCUT2D eigenvalue weighted by atomic mass is 127. The number of nitrogens with one attached hydrogen (secondary N) is 2. The molecule has 7 heteroatoms. The van der Waals surface area contributed by atoms with E-state index in [9.17, 15) is 4.79 Å². The SMILES string of the molecule is CCNC(=NCc1cccc(Cl)c1)NC1CCN(C(=O)C(C)C)C1.I. The molecular weight excluding hydrogens is 451 g/mol. The third-order valence-electron chi connectivity index (χ3n) is 3.99. The maximum Gasteiger partial charge on any atom is 0.225 e. The van der Waals surface area contributed by atoms with Crippen LogP contribution in [0.4, 0.5) is 0 Å². The van der Waals surface area contributed by atoms with Crippen molar-refractivity contribution in [3.63, 3.8) is 0 Å². The van der Waals surface area contributed by atoms with Crippen LogP contribution in [-0.2, 0) is 11.3 Å². The van der Waals surface area contributed by atoms with Crippen molar-refractivity contribution >= 4 is 47.4 Å². The van der Waals surface area contributed by atoms with Gasteiger partial charge in [0.05, 0.1) is 6.54 Å². The van der Waals surface area contributed by atoms with E-state index in [1.807, 2.05) is 49.9 Å². The summed E-state index contributed by atoms with van der Waals surface area (Å²) < 4.78 is 0. The number of amides is 1. The van der Waals surface area contributed by atoms with E-state index in [0.29, 0.717) is 6.54 Å². The van der Waals surface area contributed by atoms with Gasteiger partial charge in [0.1, 0.15) is 0 Å². The molecule has 0 bridgehead atoms. The first-order chi connectivity index (χ1) is 11.5. The molecule has 0 saturated carbocycles. The molecule has 25 heavy (non-hydrogen) atoms. The second-order valence-corrected chi connectivity index (χ2v) is 6.83. The molecule has 0 aromatic heterocycles. The van der Waals surface area contributed by atoms with Crippen LogP contribution in [0, 0.1) is 5.92 Å². The molecule has 1 atom stereocenters. The summed E-state index contributed by atoms with van der Waals surface area (Å²) in [5.74, 6) is 1.05. The van der Waals surface area contributed by atoms with E-state index >= 15 is 0 Å². The lowest BCUT2D eigenvalue weighted by atomic mass is 10.2. The minimum atomic E-state index is 0. The smallest absolute Gasteiger partial charge is 0.225 e. The zero-order chi connectivity index (χ0) is 17.5. The van der Waals surface area contributed by atoms with Crippen LogP contribution in [0.3, 0.4) is 0 Å². The van der Waals surface area contributed by atoms with Crippen LogP contribution in [0.5, 0.6) is 0 Å². The summed E-state index contributed by atoms with van der Waals surface area (Å²) in [5, 5.41) is 7.42. The van der Waals surface area contributed by atoms with Crippen molar-refractivity contribution in [3.05, 3.63) is 34.9 Å². The fourth-order valence-electron chi connectivity index (χ4n) is 2.76. The first-order valence-corrected chi connectivity index (χ1v) is 8.95. The Kier molecular flexibility index (Phi) is 9.56. The Bertz CT molecular complexity index is 594. The van der Waals surface area contributed by atoms with E-state index < -0.39 is 0 Å². The molecule has 1 aliphatic heterocycles. The highest BCUT2D eigenvalue weighted by Gasteiger charge is 2.27. The lowest BCUT2D eigenvalue weighted by Crippen LogP contribution is -2.45. The van der Waals surface area contributed by atoms with Crippen molar-refractivity contribution in [3.8, 4) is 0 Å². The Morgan fingerprint density at radius 1 is 1.44 bits per heavy atom. The van der Waals surface area contributed by atoms with Gasteiger partial charge in [0.2, 0.25) is 5.91 Å². The van der Waals surface area contributed by atoms with Crippen LogP contribution in [0.25, 0.3) is 0 Å². The van der Waals surface area contributed by atoms with Gasteiger partial charge in [-0.05, 0) is 31.0 Å². The fraction of sp³-hybridized carbons (Fsp3) is 0.556. The second kappa shape index (κ2) is 10.9. The van der Waals surface area contributed by atoms with E-state index in [2.05, 4.69) is 15.6 Å².